The molecule has 1 aliphatic carbocycles. The van der Waals surface area contributed by atoms with E-state index in [2.05, 4.69) is 20.8 Å². The molecule has 0 aromatic carbocycles. The lowest BCUT2D eigenvalue weighted by Crippen LogP contribution is -2.21. The van der Waals surface area contributed by atoms with Crippen molar-refractivity contribution in [3.05, 3.63) is 0 Å². The van der Waals surface area contributed by atoms with Crippen LogP contribution in [-0.2, 0) is 0 Å². The molecule has 1 fully saturated rings. The maximum absolute atomic E-state index is 2.45. The molecule has 3 unspecified atom stereocenters. The predicted octanol–water partition coefficient (Wildman–Crippen LogP) is 5.28. The molecule has 0 bridgehead atoms. The summed E-state index contributed by atoms with van der Waals surface area (Å²) in [6.07, 6.45) is 8.78. The fraction of sp³-hybridized carbons (Fsp3) is 1.00. The monoisotopic (exact) mass is 198 g/mol. The number of hydrogen-bond acceptors (Lipinski definition) is 0. The Balaban J connectivity index is 0.000000791. The molecule has 0 aromatic heterocycles. The maximum atomic E-state index is 2.45. The van der Waals surface area contributed by atoms with E-state index in [-0.39, 0.29) is 0 Å². The van der Waals surface area contributed by atoms with E-state index in [1.807, 2.05) is 13.8 Å². The molecular formula is C14H30. The van der Waals surface area contributed by atoms with Gasteiger partial charge in [0.25, 0.3) is 0 Å². The van der Waals surface area contributed by atoms with Crippen LogP contribution < -0.4 is 0 Å². The molecule has 0 spiro atoms. The van der Waals surface area contributed by atoms with Crippen molar-refractivity contribution in [3.63, 3.8) is 0 Å². The molecule has 1 aliphatic rings. The third-order valence-electron chi connectivity index (χ3n) is 3.54. The topological polar surface area (TPSA) is 0 Å². The summed E-state index contributed by atoms with van der Waals surface area (Å²) in [7, 11) is 0. The Bertz CT molecular complexity index is 115. The predicted molar refractivity (Wildman–Crippen MR) is 66.5 cm³/mol. The van der Waals surface area contributed by atoms with Crippen molar-refractivity contribution < 1.29 is 0 Å². The average molecular weight is 198 g/mol. The van der Waals surface area contributed by atoms with Gasteiger partial charge in [-0.1, -0.05) is 60.3 Å². The second-order valence-corrected chi connectivity index (χ2v) is 4.80. The fourth-order valence-corrected chi connectivity index (χ4v) is 2.62. The highest BCUT2D eigenvalue weighted by atomic mass is 14.3. The Labute approximate surface area is 91.5 Å². The molecule has 0 nitrogen and oxygen atoms in total. The molecule has 3 atom stereocenters. The number of unbranched alkanes of at least 4 members (excludes halogenated alkanes) is 1. The smallest absolute Gasteiger partial charge is 0.0388 e. The largest absolute Gasteiger partial charge is 0.0683 e. The highest BCUT2D eigenvalue weighted by molar-refractivity contribution is 4.75. The summed E-state index contributed by atoms with van der Waals surface area (Å²) >= 11 is 0. The van der Waals surface area contributed by atoms with E-state index in [1.165, 1.54) is 38.5 Å². The van der Waals surface area contributed by atoms with Gasteiger partial charge in [-0.15, -0.1) is 0 Å². The van der Waals surface area contributed by atoms with Crippen LogP contribution in [0.3, 0.4) is 0 Å². The summed E-state index contributed by atoms with van der Waals surface area (Å²) in [5.41, 5.74) is 0. The summed E-state index contributed by atoms with van der Waals surface area (Å²) in [6.45, 7) is 11.2. The van der Waals surface area contributed by atoms with Gasteiger partial charge in [-0.25, -0.2) is 0 Å². The van der Waals surface area contributed by atoms with Crippen LogP contribution in [0.1, 0.15) is 73.1 Å². The minimum absolute atomic E-state index is 0.998. The van der Waals surface area contributed by atoms with E-state index in [0.29, 0.717) is 0 Å². The van der Waals surface area contributed by atoms with E-state index in [4.69, 9.17) is 0 Å². The number of rotatable bonds is 3. The van der Waals surface area contributed by atoms with Gasteiger partial charge in [0.2, 0.25) is 0 Å². The molecule has 0 N–H and O–H groups in total. The quantitative estimate of drug-likeness (QED) is 0.579. The van der Waals surface area contributed by atoms with Crippen LogP contribution in [-0.4, -0.2) is 0 Å². The van der Waals surface area contributed by atoms with Gasteiger partial charge in [-0.2, -0.15) is 0 Å². The van der Waals surface area contributed by atoms with Crippen LogP contribution >= 0.6 is 0 Å². The van der Waals surface area contributed by atoms with Crippen LogP contribution in [0.4, 0.5) is 0 Å². The zero-order valence-electron chi connectivity index (χ0n) is 11.0. The molecule has 0 aliphatic heterocycles. The van der Waals surface area contributed by atoms with E-state index in [9.17, 15) is 0 Å². The molecule has 0 amide bonds. The molecule has 1 saturated carbocycles. The highest BCUT2D eigenvalue weighted by Crippen LogP contribution is 2.35. The summed E-state index contributed by atoms with van der Waals surface area (Å²) in [6, 6.07) is 0. The minimum atomic E-state index is 0.998. The Morgan fingerprint density at radius 2 is 1.71 bits per heavy atom. The van der Waals surface area contributed by atoms with Crippen LogP contribution in [0, 0.1) is 17.8 Å². The Morgan fingerprint density at radius 1 is 1.07 bits per heavy atom. The van der Waals surface area contributed by atoms with E-state index in [1.54, 1.807) is 0 Å². The summed E-state index contributed by atoms with van der Waals surface area (Å²) < 4.78 is 0. The van der Waals surface area contributed by atoms with Gasteiger partial charge in [0.05, 0.1) is 0 Å². The normalized spacial score (nSPS) is 31.9. The zero-order chi connectivity index (χ0) is 11.0. The molecule has 0 heterocycles. The molecule has 0 heteroatoms. The molecule has 86 valence electrons. The van der Waals surface area contributed by atoms with Gasteiger partial charge < -0.3 is 0 Å². The van der Waals surface area contributed by atoms with Crippen LogP contribution in [0.2, 0.25) is 0 Å². The van der Waals surface area contributed by atoms with Gasteiger partial charge in [0, 0.05) is 0 Å². The molecule has 14 heavy (non-hydrogen) atoms. The fourth-order valence-electron chi connectivity index (χ4n) is 2.62. The standard InChI is InChI=1S/C12H24.C2H6/c1-4-5-6-12-8-7-10(2)9-11(12)3;1-2/h10-12H,4-9H2,1-3H3;1-2H3. The first-order valence-electron chi connectivity index (χ1n) is 6.74. The van der Waals surface area contributed by atoms with Crippen molar-refractivity contribution in [3.8, 4) is 0 Å². The first-order valence-corrected chi connectivity index (χ1v) is 6.74. The zero-order valence-corrected chi connectivity index (χ0v) is 11.0. The Hall–Kier alpha value is 0. The van der Waals surface area contributed by atoms with Gasteiger partial charge in [0.15, 0.2) is 0 Å². The molecule has 0 radical (unpaired) electrons. The van der Waals surface area contributed by atoms with Crippen molar-refractivity contribution in [2.24, 2.45) is 17.8 Å². The Morgan fingerprint density at radius 3 is 2.21 bits per heavy atom. The van der Waals surface area contributed by atoms with Gasteiger partial charge in [-0.3, -0.25) is 0 Å². The lowest BCUT2D eigenvalue weighted by atomic mass is 9.74. The van der Waals surface area contributed by atoms with Crippen molar-refractivity contribution in [1.29, 1.82) is 0 Å². The van der Waals surface area contributed by atoms with E-state index < -0.39 is 0 Å². The first-order chi connectivity index (χ1) is 6.74. The summed E-state index contributed by atoms with van der Waals surface area (Å²) in [5.74, 6) is 3.05. The van der Waals surface area contributed by atoms with Gasteiger partial charge in [-0.05, 0) is 30.6 Å². The molecule has 1 rings (SSSR count). The van der Waals surface area contributed by atoms with Crippen molar-refractivity contribution in [1.82, 2.24) is 0 Å². The third kappa shape index (κ3) is 5.02. The molecular weight excluding hydrogens is 168 g/mol. The number of hydrogen-bond donors (Lipinski definition) is 0. The van der Waals surface area contributed by atoms with Gasteiger partial charge >= 0.3 is 0 Å². The minimum Gasteiger partial charge on any atom is -0.0683 e. The summed E-state index contributed by atoms with van der Waals surface area (Å²) in [5, 5.41) is 0. The van der Waals surface area contributed by atoms with E-state index >= 15 is 0 Å². The van der Waals surface area contributed by atoms with Crippen LogP contribution in [0.5, 0.6) is 0 Å². The molecule has 0 aromatic rings. The average Bonchev–Trinajstić information content (AvgIpc) is 2.20. The lowest BCUT2D eigenvalue weighted by molar-refractivity contribution is 0.191. The third-order valence-corrected chi connectivity index (χ3v) is 3.54. The SMILES string of the molecule is CC.CCCCC1CCC(C)CC1C. The van der Waals surface area contributed by atoms with Gasteiger partial charge in [0.1, 0.15) is 0 Å². The first kappa shape index (κ1) is 14.0. The maximum Gasteiger partial charge on any atom is -0.0388 e. The van der Waals surface area contributed by atoms with Crippen LogP contribution in [0.25, 0.3) is 0 Å². The molecule has 0 saturated heterocycles. The van der Waals surface area contributed by atoms with Crippen molar-refractivity contribution in [2.75, 3.05) is 0 Å². The second kappa shape index (κ2) is 8.32. The second-order valence-electron chi connectivity index (χ2n) is 4.80. The van der Waals surface area contributed by atoms with Crippen molar-refractivity contribution in [2.45, 2.75) is 73.1 Å². The Kier molecular flexibility index (Phi) is 8.32. The summed E-state index contributed by atoms with van der Waals surface area (Å²) in [4.78, 5) is 0. The lowest BCUT2D eigenvalue weighted by Gasteiger charge is -2.32. The van der Waals surface area contributed by atoms with E-state index in [0.717, 1.165) is 17.8 Å². The highest BCUT2D eigenvalue weighted by Gasteiger charge is 2.24. The van der Waals surface area contributed by atoms with Crippen LogP contribution in [0.15, 0.2) is 0 Å². The van der Waals surface area contributed by atoms with Crippen molar-refractivity contribution >= 4 is 0 Å².